The molecule has 0 aliphatic heterocycles. The number of methoxy groups -OCH3 is 1. The molecule has 0 radical (unpaired) electrons. The Bertz CT molecular complexity index is 745. The topological polar surface area (TPSA) is 75.6 Å². The van der Waals surface area contributed by atoms with Crippen LogP contribution in [0.2, 0.25) is 0 Å². The first-order valence-electron chi connectivity index (χ1n) is 9.17. The van der Waals surface area contributed by atoms with Crippen LogP contribution in [-0.2, 0) is 16.0 Å². The van der Waals surface area contributed by atoms with Crippen molar-refractivity contribution in [2.75, 3.05) is 13.7 Å². The molecule has 27 heavy (non-hydrogen) atoms. The molecular formula is C22H27NO4. The molecule has 0 aliphatic carbocycles. The van der Waals surface area contributed by atoms with Gasteiger partial charge in [-0.25, -0.2) is 0 Å². The van der Waals surface area contributed by atoms with Crippen LogP contribution in [0.1, 0.15) is 36.8 Å². The average molecular weight is 369 g/mol. The van der Waals surface area contributed by atoms with E-state index in [1.165, 1.54) is 5.56 Å². The standard InChI is InChI=1S/C22H27NO4/c1-16(17-8-4-3-5-9-17)12-13-21(24)23-15-19(22(25)26)14-18-10-6-7-11-20(18)27-2/h3-11,16,19H,12-15H2,1-2H3,(H,23,24)(H,25,26). The van der Waals surface area contributed by atoms with E-state index in [0.717, 1.165) is 12.0 Å². The lowest BCUT2D eigenvalue weighted by molar-refractivity contribution is -0.141. The fourth-order valence-electron chi connectivity index (χ4n) is 3.01. The second kappa shape index (κ2) is 10.4. The highest BCUT2D eigenvalue weighted by Crippen LogP contribution is 2.22. The number of carbonyl (C=O) groups excluding carboxylic acids is 1. The van der Waals surface area contributed by atoms with E-state index < -0.39 is 11.9 Å². The first kappa shape index (κ1) is 20.5. The third-order valence-corrected chi connectivity index (χ3v) is 4.73. The predicted octanol–water partition coefficient (Wildman–Crippen LogP) is 3.64. The first-order valence-corrected chi connectivity index (χ1v) is 9.17. The molecule has 5 nitrogen and oxygen atoms in total. The number of carboxylic acid groups (broad SMARTS) is 1. The third kappa shape index (κ3) is 6.44. The van der Waals surface area contributed by atoms with Crippen molar-refractivity contribution in [2.45, 2.75) is 32.1 Å². The van der Waals surface area contributed by atoms with Crippen molar-refractivity contribution in [3.05, 3.63) is 65.7 Å². The van der Waals surface area contributed by atoms with Gasteiger partial charge < -0.3 is 15.2 Å². The Labute approximate surface area is 160 Å². The van der Waals surface area contributed by atoms with E-state index in [1.807, 2.05) is 36.4 Å². The van der Waals surface area contributed by atoms with Crippen molar-refractivity contribution in [3.8, 4) is 5.75 Å². The van der Waals surface area contributed by atoms with Crippen molar-refractivity contribution in [2.24, 2.45) is 5.92 Å². The number of nitrogens with one attached hydrogen (secondary N) is 1. The van der Waals surface area contributed by atoms with E-state index in [9.17, 15) is 14.7 Å². The maximum atomic E-state index is 12.2. The zero-order chi connectivity index (χ0) is 19.6. The largest absolute Gasteiger partial charge is 0.496 e. The van der Waals surface area contributed by atoms with Crippen LogP contribution < -0.4 is 10.1 Å². The van der Waals surface area contributed by atoms with E-state index in [0.29, 0.717) is 18.6 Å². The van der Waals surface area contributed by atoms with Gasteiger partial charge in [0.05, 0.1) is 13.0 Å². The molecular weight excluding hydrogens is 342 g/mol. The summed E-state index contributed by atoms with van der Waals surface area (Å²) in [5.74, 6) is -0.813. The number of hydrogen-bond acceptors (Lipinski definition) is 3. The van der Waals surface area contributed by atoms with Crippen molar-refractivity contribution >= 4 is 11.9 Å². The summed E-state index contributed by atoms with van der Waals surface area (Å²) in [7, 11) is 1.56. The van der Waals surface area contributed by atoms with Gasteiger partial charge in [0.25, 0.3) is 0 Å². The number of carbonyl (C=O) groups is 2. The number of amides is 1. The molecule has 2 aromatic rings. The van der Waals surface area contributed by atoms with Crippen LogP contribution in [0.3, 0.4) is 0 Å². The highest BCUT2D eigenvalue weighted by molar-refractivity contribution is 5.77. The molecule has 2 rings (SSSR count). The zero-order valence-corrected chi connectivity index (χ0v) is 15.9. The number of ether oxygens (including phenoxy) is 1. The summed E-state index contributed by atoms with van der Waals surface area (Å²) in [6.45, 7) is 2.19. The fourth-order valence-corrected chi connectivity index (χ4v) is 3.01. The van der Waals surface area contributed by atoms with E-state index in [-0.39, 0.29) is 18.4 Å². The van der Waals surface area contributed by atoms with Gasteiger partial charge >= 0.3 is 5.97 Å². The SMILES string of the molecule is COc1ccccc1CC(CNC(=O)CCC(C)c1ccccc1)C(=O)O. The molecule has 0 spiro atoms. The van der Waals surface area contributed by atoms with Crippen LogP contribution in [0.5, 0.6) is 5.75 Å². The minimum Gasteiger partial charge on any atom is -0.496 e. The Balaban J connectivity index is 1.84. The minimum absolute atomic E-state index is 0.103. The van der Waals surface area contributed by atoms with Crippen molar-refractivity contribution in [3.63, 3.8) is 0 Å². The van der Waals surface area contributed by atoms with Gasteiger partial charge in [0, 0.05) is 13.0 Å². The van der Waals surface area contributed by atoms with E-state index in [4.69, 9.17) is 4.74 Å². The quantitative estimate of drug-likeness (QED) is 0.670. The van der Waals surface area contributed by atoms with Gasteiger partial charge in [0.2, 0.25) is 5.91 Å². The maximum absolute atomic E-state index is 12.2. The molecule has 0 heterocycles. The molecule has 2 unspecified atom stereocenters. The van der Waals surface area contributed by atoms with Gasteiger partial charge in [0.15, 0.2) is 0 Å². The first-order chi connectivity index (χ1) is 13.0. The molecule has 2 aromatic carbocycles. The molecule has 144 valence electrons. The third-order valence-electron chi connectivity index (χ3n) is 4.73. The number of hydrogen-bond donors (Lipinski definition) is 2. The number of benzene rings is 2. The van der Waals surface area contributed by atoms with Crippen LogP contribution >= 0.6 is 0 Å². The summed E-state index contributed by atoms with van der Waals surface area (Å²) < 4.78 is 5.28. The van der Waals surface area contributed by atoms with E-state index in [1.54, 1.807) is 13.2 Å². The molecule has 0 saturated heterocycles. The summed E-state index contributed by atoms with van der Waals surface area (Å²) >= 11 is 0. The van der Waals surface area contributed by atoms with E-state index in [2.05, 4.69) is 24.4 Å². The molecule has 2 N–H and O–H groups in total. The summed E-state index contributed by atoms with van der Waals surface area (Å²) in [5.41, 5.74) is 2.02. The van der Waals surface area contributed by atoms with Gasteiger partial charge in [0.1, 0.15) is 5.75 Å². The molecule has 0 fully saturated rings. The van der Waals surface area contributed by atoms with Gasteiger partial charge in [-0.15, -0.1) is 0 Å². The molecule has 0 bridgehead atoms. The highest BCUT2D eigenvalue weighted by Gasteiger charge is 2.21. The molecule has 0 aromatic heterocycles. The van der Waals surface area contributed by atoms with E-state index >= 15 is 0 Å². The second-order valence-electron chi connectivity index (χ2n) is 6.71. The monoisotopic (exact) mass is 369 g/mol. The predicted molar refractivity (Wildman–Crippen MR) is 105 cm³/mol. The molecule has 0 aliphatic rings. The number of para-hydroxylation sites is 1. The lowest BCUT2D eigenvalue weighted by Gasteiger charge is -2.16. The lowest BCUT2D eigenvalue weighted by atomic mass is 9.96. The smallest absolute Gasteiger partial charge is 0.308 e. The van der Waals surface area contributed by atoms with Gasteiger partial charge in [-0.3, -0.25) is 9.59 Å². The summed E-state index contributed by atoms with van der Waals surface area (Å²) in [5, 5.41) is 12.3. The Hall–Kier alpha value is -2.82. The zero-order valence-electron chi connectivity index (χ0n) is 15.9. The maximum Gasteiger partial charge on any atom is 0.308 e. The Morgan fingerprint density at radius 1 is 1.07 bits per heavy atom. The normalized spacial score (nSPS) is 12.8. The summed E-state index contributed by atoms with van der Waals surface area (Å²) in [4.78, 5) is 23.7. The minimum atomic E-state index is -0.932. The average Bonchev–Trinajstić information content (AvgIpc) is 2.69. The van der Waals surface area contributed by atoms with Crippen LogP contribution in [0.25, 0.3) is 0 Å². The van der Waals surface area contributed by atoms with Crippen LogP contribution in [0, 0.1) is 5.92 Å². The van der Waals surface area contributed by atoms with Crippen LogP contribution in [0.15, 0.2) is 54.6 Å². The molecule has 1 amide bonds. The van der Waals surface area contributed by atoms with Gasteiger partial charge in [-0.05, 0) is 36.0 Å². The van der Waals surface area contributed by atoms with Crippen molar-refractivity contribution in [1.82, 2.24) is 5.32 Å². The molecule has 5 heteroatoms. The number of rotatable bonds is 10. The Morgan fingerprint density at radius 3 is 2.41 bits per heavy atom. The van der Waals surface area contributed by atoms with Crippen LogP contribution in [0.4, 0.5) is 0 Å². The summed E-state index contributed by atoms with van der Waals surface area (Å²) in [6, 6.07) is 17.4. The van der Waals surface area contributed by atoms with Crippen molar-refractivity contribution < 1.29 is 19.4 Å². The fraction of sp³-hybridized carbons (Fsp3) is 0.364. The molecule has 0 saturated carbocycles. The second-order valence-corrected chi connectivity index (χ2v) is 6.71. The molecule has 2 atom stereocenters. The van der Waals surface area contributed by atoms with Crippen LogP contribution in [-0.4, -0.2) is 30.6 Å². The number of aliphatic carboxylic acids is 1. The summed E-state index contributed by atoms with van der Waals surface area (Å²) in [6.07, 6.45) is 1.40. The lowest BCUT2D eigenvalue weighted by Crippen LogP contribution is -2.34. The van der Waals surface area contributed by atoms with Gasteiger partial charge in [-0.2, -0.15) is 0 Å². The Morgan fingerprint density at radius 2 is 1.74 bits per heavy atom. The van der Waals surface area contributed by atoms with Crippen molar-refractivity contribution in [1.29, 1.82) is 0 Å². The Kier molecular flexibility index (Phi) is 7.86. The number of carboxylic acids is 1. The highest BCUT2D eigenvalue weighted by atomic mass is 16.5. The van der Waals surface area contributed by atoms with Gasteiger partial charge in [-0.1, -0.05) is 55.5 Å².